The minimum Gasteiger partial charge on any atom is -0.497 e. The summed E-state index contributed by atoms with van der Waals surface area (Å²) in [5.41, 5.74) is 1.67. The van der Waals surface area contributed by atoms with E-state index in [2.05, 4.69) is 4.98 Å². The van der Waals surface area contributed by atoms with Crippen molar-refractivity contribution in [1.82, 2.24) is 4.98 Å². The van der Waals surface area contributed by atoms with Gasteiger partial charge in [0.15, 0.2) is 5.78 Å². The Kier molecular flexibility index (Phi) is 3.50. The quantitative estimate of drug-likeness (QED) is 0.753. The smallest absolute Gasteiger partial charge is 0.167 e. The van der Waals surface area contributed by atoms with E-state index >= 15 is 0 Å². The zero-order valence-corrected chi connectivity index (χ0v) is 9.59. The number of rotatable bonds is 4. The first kappa shape index (κ1) is 11.3. The molecule has 0 aliphatic carbocycles. The molecule has 86 valence electrons. The average Bonchev–Trinajstić information content (AvgIpc) is 2.40. The fourth-order valence-corrected chi connectivity index (χ4v) is 1.57. The highest BCUT2D eigenvalue weighted by molar-refractivity contribution is 5.97. The van der Waals surface area contributed by atoms with Crippen molar-refractivity contribution in [2.24, 2.45) is 0 Å². The topological polar surface area (TPSA) is 39.2 Å². The van der Waals surface area contributed by atoms with E-state index in [1.165, 1.54) is 0 Å². The molecule has 0 amide bonds. The number of hydrogen-bond acceptors (Lipinski definition) is 3. The Labute approximate surface area is 100 Å². The standard InChI is InChI=1S/C14H13NO2/c1-17-13-4-2-12(3-5-13)14(16)10-11-6-8-15-9-7-11/h2-9H,10H2,1H3. The first-order valence-electron chi connectivity index (χ1n) is 5.36. The predicted octanol–water partition coefficient (Wildman–Crippen LogP) is 2.52. The summed E-state index contributed by atoms with van der Waals surface area (Å²) in [5.74, 6) is 0.851. The van der Waals surface area contributed by atoms with Crippen molar-refractivity contribution in [3.05, 3.63) is 59.9 Å². The molecule has 0 spiro atoms. The van der Waals surface area contributed by atoms with E-state index in [-0.39, 0.29) is 5.78 Å². The van der Waals surface area contributed by atoms with Gasteiger partial charge in [0.1, 0.15) is 5.75 Å². The van der Waals surface area contributed by atoms with E-state index < -0.39 is 0 Å². The van der Waals surface area contributed by atoms with Crippen molar-refractivity contribution >= 4 is 5.78 Å². The van der Waals surface area contributed by atoms with Gasteiger partial charge in [-0.15, -0.1) is 0 Å². The summed E-state index contributed by atoms with van der Waals surface area (Å²) in [7, 11) is 1.60. The number of carbonyl (C=O) groups excluding carboxylic acids is 1. The Morgan fingerprint density at radius 3 is 2.35 bits per heavy atom. The van der Waals surface area contributed by atoms with Crippen LogP contribution in [0.5, 0.6) is 5.75 Å². The van der Waals surface area contributed by atoms with E-state index in [0.717, 1.165) is 11.3 Å². The van der Waals surface area contributed by atoms with Crippen molar-refractivity contribution in [3.63, 3.8) is 0 Å². The number of Topliss-reactive ketones (excluding diaryl/α,β-unsaturated/α-hetero) is 1. The van der Waals surface area contributed by atoms with Crippen molar-refractivity contribution in [1.29, 1.82) is 0 Å². The van der Waals surface area contributed by atoms with Crippen LogP contribution in [0.1, 0.15) is 15.9 Å². The summed E-state index contributed by atoms with van der Waals surface area (Å²) in [6.45, 7) is 0. The average molecular weight is 227 g/mol. The van der Waals surface area contributed by atoms with E-state index in [1.807, 2.05) is 12.1 Å². The fourth-order valence-electron chi connectivity index (χ4n) is 1.57. The summed E-state index contributed by atoms with van der Waals surface area (Å²) >= 11 is 0. The van der Waals surface area contributed by atoms with Gasteiger partial charge in [-0.3, -0.25) is 9.78 Å². The number of nitrogens with zero attached hydrogens (tertiary/aromatic N) is 1. The Morgan fingerprint density at radius 1 is 1.12 bits per heavy atom. The molecule has 0 N–H and O–H groups in total. The van der Waals surface area contributed by atoms with Crippen molar-refractivity contribution < 1.29 is 9.53 Å². The molecule has 1 heterocycles. The lowest BCUT2D eigenvalue weighted by Crippen LogP contribution is -2.03. The molecule has 0 bridgehead atoms. The molecular formula is C14H13NO2. The van der Waals surface area contributed by atoms with Crippen LogP contribution < -0.4 is 4.74 Å². The molecule has 17 heavy (non-hydrogen) atoms. The van der Waals surface area contributed by atoms with Gasteiger partial charge < -0.3 is 4.74 Å². The zero-order valence-electron chi connectivity index (χ0n) is 9.59. The van der Waals surface area contributed by atoms with Crippen LogP contribution in [-0.2, 0) is 6.42 Å². The van der Waals surface area contributed by atoms with Crippen LogP contribution in [-0.4, -0.2) is 17.9 Å². The number of methoxy groups -OCH3 is 1. The fraction of sp³-hybridized carbons (Fsp3) is 0.143. The van der Waals surface area contributed by atoms with Gasteiger partial charge >= 0.3 is 0 Å². The molecule has 1 aromatic heterocycles. The van der Waals surface area contributed by atoms with E-state index in [9.17, 15) is 4.79 Å². The van der Waals surface area contributed by atoms with Crippen molar-refractivity contribution in [3.8, 4) is 5.75 Å². The molecule has 0 unspecified atom stereocenters. The molecule has 0 aliphatic heterocycles. The van der Waals surface area contributed by atoms with Crippen molar-refractivity contribution in [2.75, 3.05) is 7.11 Å². The number of aromatic nitrogens is 1. The van der Waals surface area contributed by atoms with Gasteiger partial charge in [0.05, 0.1) is 7.11 Å². The summed E-state index contributed by atoms with van der Waals surface area (Å²) in [6, 6.07) is 10.8. The largest absolute Gasteiger partial charge is 0.497 e. The predicted molar refractivity (Wildman–Crippen MR) is 65.3 cm³/mol. The van der Waals surface area contributed by atoms with Gasteiger partial charge in [-0.05, 0) is 42.0 Å². The number of pyridine rings is 1. The summed E-state index contributed by atoms with van der Waals surface area (Å²) in [5, 5.41) is 0. The van der Waals surface area contributed by atoms with E-state index in [4.69, 9.17) is 4.74 Å². The van der Waals surface area contributed by atoms with Crippen molar-refractivity contribution in [2.45, 2.75) is 6.42 Å². The Bertz CT molecular complexity index is 491. The van der Waals surface area contributed by atoms with Gasteiger partial charge in [0.2, 0.25) is 0 Å². The Morgan fingerprint density at radius 2 is 1.76 bits per heavy atom. The molecular weight excluding hydrogens is 214 g/mol. The SMILES string of the molecule is COc1ccc(C(=O)Cc2ccncc2)cc1. The summed E-state index contributed by atoms with van der Waals surface area (Å²) in [6.07, 6.45) is 3.78. The van der Waals surface area contributed by atoms with Gasteiger partial charge in [-0.1, -0.05) is 0 Å². The Balaban J connectivity index is 2.09. The van der Waals surface area contributed by atoms with Crippen LogP contribution in [0.4, 0.5) is 0 Å². The number of carbonyl (C=O) groups is 1. The first-order valence-corrected chi connectivity index (χ1v) is 5.36. The van der Waals surface area contributed by atoms with Crippen LogP contribution in [0.3, 0.4) is 0 Å². The third-order valence-electron chi connectivity index (χ3n) is 2.53. The normalized spacial score (nSPS) is 9.94. The van der Waals surface area contributed by atoms with E-state index in [1.54, 1.807) is 43.8 Å². The highest BCUT2D eigenvalue weighted by Crippen LogP contribution is 2.13. The molecule has 2 rings (SSSR count). The number of hydrogen-bond donors (Lipinski definition) is 0. The minimum absolute atomic E-state index is 0.0962. The molecule has 0 radical (unpaired) electrons. The third-order valence-corrected chi connectivity index (χ3v) is 2.53. The molecule has 0 aliphatic rings. The molecule has 0 fully saturated rings. The van der Waals surface area contributed by atoms with Gasteiger partial charge in [0.25, 0.3) is 0 Å². The lowest BCUT2D eigenvalue weighted by atomic mass is 10.0. The molecule has 2 aromatic rings. The second kappa shape index (κ2) is 5.25. The van der Waals surface area contributed by atoms with Crippen LogP contribution in [0, 0.1) is 0 Å². The molecule has 0 atom stereocenters. The zero-order chi connectivity index (χ0) is 12.1. The second-order valence-corrected chi connectivity index (χ2v) is 3.68. The third kappa shape index (κ3) is 2.91. The van der Waals surface area contributed by atoms with Crippen LogP contribution in [0.2, 0.25) is 0 Å². The van der Waals surface area contributed by atoms with Gasteiger partial charge in [0, 0.05) is 24.4 Å². The lowest BCUT2D eigenvalue weighted by Gasteiger charge is -2.03. The van der Waals surface area contributed by atoms with E-state index in [0.29, 0.717) is 12.0 Å². The van der Waals surface area contributed by atoms with Gasteiger partial charge in [-0.2, -0.15) is 0 Å². The maximum absolute atomic E-state index is 12.0. The maximum Gasteiger partial charge on any atom is 0.167 e. The molecule has 0 saturated heterocycles. The number of benzene rings is 1. The molecule has 1 aromatic carbocycles. The first-order chi connectivity index (χ1) is 8.29. The molecule has 0 saturated carbocycles. The number of ether oxygens (including phenoxy) is 1. The molecule has 3 heteroatoms. The Hall–Kier alpha value is -2.16. The van der Waals surface area contributed by atoms with Gasteiger partial charge in [-0.25, -0.2) is 0 Å². The summed E-state index contributed by atoms with van der Waals surface area (Å²) in [4.78, 5) is 15.9. The number of ketones is 1. The van der Waals surface area contributed by atoms with Crippen LogP contribution >= 0.6 is 0 Å². The highest BCUT2D eigenvalue weighted by Gasteiger charge is 2.06. The van der Waals surface area contributed by atoms with Crippen LogP contribution in [0.15, 0.2) is 48.8 Å². The highest BCUT2D eigenvalue weighted by atomic mass is 16.5. The molecule has 3 nitrogen and oxygen atoms in total. The van der Waals surface area contributed by atoms with Crippen LogP contribution in [0.25, 0.3) is 0 Å². The minimum atomic E-state index is 0.0962. The summed E-state index contributed by atoms with van der Waals surface area (Å²) < 4.78 is 5.05. The lowest BCUT2D eigenvalue weighted by molar-refractivity contribution is 0.0993. The maximum atomic E-state index is 12.0. The second-order valence-electron chi connectivity index (χ2n) is 3.68. The monoisotopic (exact) mass is 227 g/mol.